The number of methoxy groups -OCH3 is 2. The van der Waals surface area contributed by atoms with Crippen LogP contribution < -0.4 is 23.8 Å². The number of nitrogens with zero attached hydrogens (tertiary/aromatic N) is 4. The quantitative estimate of drug-likeness (QED) is 0.298. The van der Waals surface area contributed by atoms with E-state index in [1.807, 2.05) is 38.1 Å². The Hall–Kier alpha value is -5.06. The number of hydrogen-bond acceptors (Lipinski definition) is 9. The molecule has 11 heteroatoms. The van der Waals surface area contributed by atoms with Crippen molar-refractivity contribution in [1.82, 2.24) is 15.0 Å². The second kappa shape index (κ2) is 9.92. The van der Waals surface area contributed by atoms with Crippen LogP contribution in [0.15, 0.2) is 53.2 Å². The molecule has 4 heterocycles. The number of anilines is 1. The zero-order chi connectivity index (χ0) is 28.0. The third-order valence-electron chi connectivity index (χ3n) is 6.72. The van der Waals surface area contributed by atoms with Crippen molar-refractivity contribution in [3.8, 4) is 34.6 Å². The van der Waals surface area contributed by atoms with Crippen LogP contribution in [0.5, 0.6) is 23.3 Å². The van der Waals surface area contributed by atoms with E-state index in [2.05, 4.69) is 15.0 Å². The molecule has 11 nitrogen and oxygen atoms in total. The van der Waals surface area contributed by atoms with Gasteiger partial charge in [0.25, 0.3) is 0 Å². The highest BCUT2D eigenvalue weighted by molar-refractivity contribution is 5.97. The van der Waals surface area contributed by atoms with Crippen molar-refractivity contribution >= 4 is 33.8 Å². The smallest absolute Gasteiger partial charge is 0.411 e. The van der Waals surface area contributed by atoms with Crippen LogP contribution in [0, 0.1) is 13.8 Å². The van der Waals surface area contributed by atoms with Crippen LogP contribution in [0.25, 0.3) is 33.3 Å². The zero-order valence-corrected chi connectivity index (χ0v) is 22.3. The minimum Gasteiger partial charge on any atom is -0.485 e. The molecule has 1 amide bonds. The van der Waals surface area contributed by atoms with Crippen LogP contribution in [0.1, 0.15) is 11.1 Å². The van der Waals surface area contributed by atoms with Gasteiger partial charge in [0.15, 0.2) is 17.6 Å². The van der Waals surface area contributed by atoms with Crippen LogP contribution >= 0.6 is 0 Å². The van der Waals surface area contributed by atoms with Crippen LogP contribution in [0.4, 0.5) is 10.5 Å². The normalized spacial score (nSPS) is 14.3. The number of aromatic nitrogens is 3. The number of carboxylic acid groups (broad SMARTS) is 1. The molecule has 0 fully saturated rings. The average molecular weight is 543 g/mol. The molecular formula is C29H26N4O7. The van der Waals surface area contributed by atoms with E-state index in [1.165, 1.54) is 18.2 Å². The summed E-state index contributed by atoms with van der Waals surface area (Å²) in [6, 6.07) is 10.9. The third-order valence-corrected chi connectivity index (χ3v) is 6.72. The lowest BCUT2D eigenvalue weighted by atomic mass is 10.1. The number of fused-ring (bicyclic) bond motifs is 4. The van der Waals surface area contributed by atoms with Gasteiger partial charge >= 0.3 is 6.09 Å². The van der Waals surface area contributed by atoms with Gasteiger partial charge < -0.3 is 28.5 Å². The lowest BCUT2D eigenvalue weighted by molar-refractivity contribution is 0.0959. The van der Waals surface area contributed by atoms with Crippen LogP contribution in [0.3, 0.4) is 0 Å². The molecule has 5 aromatic rings. The zero-order valence-electron chi connectivity index (χ0n) is 22.3. The maximum atomic E-state index is 12.0. The lowest BCUT2D eigenvalue weighted by Crippen LogP contribution is -2.43. The number of benzene rings is 2. The maximum absolute atomic E-state index is 12.0. The number of hydrogen-bond donors (Lipinski definition) is 1. The van der Waals surface area contributed by atoms with Crippen LogP contribution in [-0.4, -0.2) is 59.6 Å². The van der Waals surface area contributed by atoms with Crippen molar-refractivity contribution in [1.29, 1.82) is 0 Å². The highest BCUT2D eigenvalue weighted by atomic mass is 16.6. The van der Waals surface area contributed by atoms with Gasteiger partial charge in [0.2, 0.25) is 11.8 Å². The lowest BCUT2D eigenvalue weighted by Gasteiger charge is -2.30. The van der Waals surface area contributed by atoms with Crippen molar-refractivity contribution < 1.29 is 33.3 Å². The molecule has 0 saturated heterocycles. The molecule has 0 aliphatic carbocycles. The number of amides is 1. The number of carbonyl (C=O) groups is 1. The predicted octanol–water partition coefficient (Wildman–Crippen LogP) is 5.40. The van der Waals surface area contributed by atoms with E-state index in [9.17, 15) is 9.90 Å². The van der Waals surface area contributed by atoms with Gasteiger partial charge in [0.05, 0.1) is 55.3 Å². The first-order valence-corrected chi connectivity index (χ1v) is 12.5. The van der Waals surface area contributed by atoms with E-state index < -0.39 is 12.2 Å². The molecule has 1 aliphatic heterocycles. The van der Waals surface area contributed by atoms with Gasteiger partial charge in [-0.05, 0) is 55.3 Å². The van der Waals surface area contributed by atoms with E-state index in [0.29, 0.717) is 51.3 Å². The molecule has 1 atom stereocenters. The topological polar surface area (TPSA) is 129 Å². The Morgan fingerprint density at radius 2 is 1.90 bits per heavy atom. The summed E-state index contributed by atoms with van der Waals surface area (Å²) >= 11 is 0. The fraction of sp³-hybridized carbons (Fsp3) is 0.241. The number of pyridine rings is 1. The first-order chi connectivity index (χ1) is 19.3. The highest BCUT2D eigenvalue weighted by Gasteiger charge is 2.29. The Morgan fingerprint density at radius 1 is 1.07 bits per heavy atom. The fourth-order valence-electron chi connectivity index (χ4n) is 4.85. The molecule has 204 valence electrons. The summed E-state index contributed by atoms with van der Waals surface area (Å²) in [6.07, 6.45) is 1.36. The molecule has 2 aromatic carbocycles. The summed E-state index contributed by atoms with van der Waals surface area (Å²) in [5.74, 6) is 2.51. The minimum absolute atomic E-state index is 0.0495. The second-order valence-corrected chi connectivity index (χ2v) is 9.47. The SMILES string of the molecule is COc1ccc(N(CC2COc3c(cc(C)c4oc(-c5cc(C)cc6nc(OC)cnc56)cc34)O2)C(=O)O)cn1. The monoisotopic (exact) mass is 542 g/mol. The van der Waals surface area contributed by atoms with E-state index in [-0.39, 0.29) is 13.2 Å². The van der Waals surface area contributed by atoms with Gasteiger partial charge in [-0.25, -0.2) is 19.7 Å². The highest BCUT2D eigenvalue weighted by Crippen LogP contribution is 2.44. The van der Waals surface area contributed by atoms with Crippen molar-refractivity contribution in [2.45, 2.75) is 20.0 Å². The number of rotatable bonds is 6. The van der Waals surface area contributed by atoms with Gasteiger partial charge in [0.1, 0.15) is 18.0 Å². The summed E-state index contributed by atoms with van der Waals surface area (Å²) in [6.45, 7) is 4.11. The molecule has 0 spiro atoms. The van der Waals surface area contributed by atoms with Gasteiger partial charge in [-0.1, -0.05) is 0 Å². The largest absolute Gasteiger partial charge is 0.485 e. The first kappa shape index (κ1) is 25.2. The molecule has 1 aliphatic rings. The summed E-state index contributed by atoms with van der Waals surface area (Å²) in [4.78, 5) is 26.4. The van der Waals surface area contributed by atoms with Gasteiger partial charge in [-0.2, -0.15) is 0 Å². The first-order valence-electron chi connectivity index (χ1n) is 12.5. The number of furan rings is 1. The molecule has 1 N–H and O–H groups in total. The predicted molar refractivity (Wildman–Crippen MR) is 147 cm³/mol. The molecule has 3 aromatic heterocycles. The molecule has 6 rings (SSSR count). The summed E-state index contributed by atoms with van der Waals surface area (Å²) in [5, 5.41) is 10.6. The fourth-order valence-corrected chi connectivity index (χ4v) is 4.85. The van der Waals surface area contributed by atoms with E-state index in [1.54, 1.807) is 25.4 Å². The Kier molecular flexibility index (Phi) is 6.25. The Bertz CT molecular complexity index is 1750. The molecule has 0 saturated carbocycles. The van der Waals surface area contributed by atoms with Gasteiger partial charge in [-0.15, -0.1) is 0 Å². The van der Waals surface area contributed by atoms with Crippen LogP contribution in [-0.2, 0) is 0 Å². The van der Waals surface area contributed by atoms with Crippen molar-refractivity contribution in [3.63, 3.8) is 0 Å². The number of ether oxygens (including phenoxy) is 4. The standard InChI is InChI=1S/C29H26N4O7/c1-15-7-19(26-21(8-15)32-25(37-4)12-31-26)22-10-20-27(40-22)16(2)9-23-28(20)38-14-18(39-23)13-33(29(34)35)17-5-6-24(36-3)30-11-17/h5-12,18H,13-14H2,1-4H3,(H,34,35). The van der Waals surface area contributed by atoms with Crippen molar-refractivity contribution in [3.05, 3.63) is 59.9 Å². The molecular weight excluding hydrogens is 516 g/mol. The minimum atomic E-state index is -1.13. The van der Waals surface area contributed by atoms with Gasteiger partial charge in [0, 0.05) is 11.6 Å². The summed E-state index contributed by atoms with van der Waals surface area (Å²) < 4.78 is 29.1. The van der Waals surface area contributed by atoms with E-state index in [0.717, 1.165) is 22.1 Å². The van der Waals surface area contributed by atoms with E-state index in [4.69, 9.17) is 23.4 Å². The number of aryl methyl sites for hydroxylation is 2. The third kappa shape index (κ3) is 4.45. The van der Waals surface area contributed by atoms with Gasteiger partial charge in [-0.3, -0.25) is 4.90 Å². The molecule has 1 unspecified atom stereocenters. The Labute approximate surface area is 228 Å². The van der Waals surface area contributed by atoms with Crippen LogP contribution in [0.2, 0.25) is 0 Å². The maximum Gasteiger partial charge on any atom is 0.411 e. The average Bonchev–Trinajstić information content (AvgIpc) is 3.41. The molecule has 0 bridgehead atoms. The molecule has 40 heavy (non-hydrogen) atoms. The Balaban J connectivity index is 1.33. The summed E-state index contributed by atoms with van der Waals surface area (Å²) in [7, 11) is 3.05. The van der Waals surface area contributed by atoms with Crippen molar-refractivity contribution in [2.24, 2.45) is 0 Å². The summed E-state index contributed by atoms with van der Waals surface area (Å²) in [5.41, 5.74) is 5.12. The van der Waals surface area contributed by atoms with E-state index >= 15 is 0 Å². The van der Waals surface area contributed by atoms with Crippen molar-refractivity contribution in [2.75, 3.05) is 32.3 Å². The Morgan fingerprint density at radius 3 is 2.62 bits per heavy atom. The molecule has 0 radical (unpaired) electrons. The second-order valence-electron chi connectivity index (χ2n) is 9.47.